The Morgan fingerprint density at radius 1 is 1.10 bits per heavy atom. The molecule has 0 aromatic heterocycles. The highest BCUT2D eigenvalue weighted by molar-refractivity contribution is 9.10. The zero-order chi connectivity index (χ0) is 21.0. The van der Waals surface area contributed by atoms with Crippen LogP contribution in [0.5, 0.6) is 5.75 Å². The second kappa shape index (κ2) is 9.28. The highest BCUT2D eigenvalue weighted by atomic mass is 79.9. The van der Waals surface area contributed by atoms with E-state index in [0.29, 0.717) is 25.9 Å². The van der Waals surface area contributed by atoms with Crippen LogP contribution in [0.3, 0.4) is 0 Å². The summed E-state index contributed by atoms with van der Waals surface area (Å²) in [5, 5.41) is 3.04. The van der Waals surface area contributed by atoms with Crippen LogP contribution in [-0.4, -0.2) is 38.8 Å². The average molecular weight is 481 g/mol. The fourth-order valence-corrected chi connectivity index (χ4v) is 5.16. The molecule has 156 valence electrons. The second-order valence-corrected chi connectivity index (χ2v) is 9.99. The van der Waals surface area contributed by atoms with Gasteiger partial charge in [0.1, 0.15) is 5.75 Å². The van der Waals surface area contributed by atoms with Crippen molar-refractivity contribution in [2.75, 3.05) is 20.2 Å². The van der Waals surface area contributed by atoms with Crippen LogP contribution in [0, 0.1) is 5.92 Å². The third-order valence-corrected chi connectivity index (χ3v) is 7.69. The Bertz CT molecular complexity index is 938. The predicted octanol–water partition coefficient (Wildman–Crippen LogP) is 3.74. The minimum absolute atomic E-state index is 0.0333. The van der Waals surface area contributed by atoms with Crippen molar-refractivity contribution >= 4 is 31.9 Å². The largest absolute Gasteiger partial charge is 0.497 e. The molecule has 1 N–H and O–H groups in total. The minimum atomic E-state index is -3.53. The molecule has 1 saturated heterocycles. The van der Waals surface area contributed by atoms with Crippen LogP contribution < -0.4 is 10.1 Å². The smallest absolute Gasteiger partial charge is 0.243 e. The molecular formula is C21H25BrN2O4S. The predicted molar refractivity (Wildman–Crippen MR) is 115 cm³/mol. The lowest BCUT2D eigenvalue weighted by Crippen LogP contribution is -2.43. The van der Waals surface area contributed by atoms with Crippen molar-refractivity contribution in [2.45, 2.75) is 30.7 Å². The number of hydrogen-bond donors (Lipinski definition) is 1. The number of amides is 1. The van der Waals surface area contributed by atoms with Crippen molar-refractivity contribution < 1.29 is 17.9 Å². The Labute approximate surface area is 180 Å². The highest BCUT2D eigenvalue weighted by Gasteiger charge is 2.32. The van der Waals surface area contributed by atoms with E-state index >= 15 is 0 Å². The summed E-state index contributed by atoms with van der Waals surface area (Å²) in [6.07, 6.45) is 1.02. The number of carbonyl (C=O) groups is 1. The third kappa shape index (κ3) is 5.18. The maximum Gasteiger partial charge on any atom is 0.243 e. The molecule has 1 fully saturated rings. The van der Waals surface area contributed by atoms with E-state index in [9.17, 15) is 13.2 Å². The quantitative estimate of drug-likeness (QED) is 0.682. The molecule has 2 aromatic rings. The number of methoxy groups -OCH3 is 1. The Kier molecular flexibility index (Phi) is 6.97. The number of halogens is 1. The first kappa shape index (κ1) is 21.8. The number of rotatable bonds is 6. The summed E-state index contributed by atoms with van der Waals surface area (Å²) < 4.78 is 33.0. The lowest BCUT2D eigenvalue weighted by atomic mass is 9.96. The van der Waals surface area contributed by atoms with E-state index in [0.717, 1.165) is 15.8 Å². The molecule has 29 heavy (non-hydrogen) atoms. The van der Waals surface area contributed by atoms with Crippen molar-refractivity contribution in [1.82, 2.24) is 9.62 Å². The molecule has 1 aliphatic rings. The van der Waals surface area contributed by atoms with E-state index in [1.54, 1.807) is 31.4 Å². The van der Waals surface area contributed by atoms with Crippen molar-refractivity contribution in [2.24, 2.45) is 5.92 Å². The molecule has 8 heteroatoms. The van der Waals surface area contributed by atoms with Crippen LogP contribution in [0.2, 0.25) is 0 Å². The van der Waals surface area contributed by atoms with E-state index < -0.39 is 10.0 Å². The number of piperidine rings is 1. The number of nitrogens with one attached hydrogen (secondary N) is 1. The monoisotopic (exact) mass is 480 g/mol. The molecular weight excluding hydrogens is 456 g/mol. The maximum atomic E-state index is 12.8. The Hall–Kier alpha value is -1.90. The van der Waals surface area contributed by atoms with Crippen LogP contribution >= 0.6 is 15.9 Å². The van der Waals surface area contributed by atoms with Gasteiger partial charge in [0, 0.05) is 23.5 Å². The molecule has 0 bridgehead atoms. The van der Waals surface area contributed by atoms with Crippen LogP contribution in [-0.2, 0) is 14.8 Å². The van der Waals surface area contributed by atoms with Gasteiger partial charge in [-0.2, -0.15) is 4.31 Å². The third-order valence-electron chi connectivity index (χ3n) is 5.25. The van der Waals surface area contributed by atoms with Gasteiger partial charge in [-0.25, -0.2) is 8.42 Å². The van der Waals surface area contributed by atoms with Crippen molar-refractivity contribution in [1.29, 1.82) is 0 Å². The summed E-state index contributed by atoms with van der Waals surface area (Å²) in [5.74, 6) is 0.549. The summed E-state index contributed by atoms with van der Waals surface area (Å²) in [6.45, 7) is 2.62. The van der Waals surface area contributed by atoms with Gasteiger partial charge in [-0.3, -0.25) is 4.79 Å². The van der Waals surface area contributed by atoms with Crippen LogP contribution in [0.15, 0.2) is 57.9 Å². The maximum absolute atomic E-state index is 12.8. The van der Waals surface area contributed by atoms with Crippen LogP contribution in [0.4, 0.5) is 0 Å². The van der Waals surface area contributed by atoms with Crippen molar-refractivity contribution in [3.05, 3.63) is 58.6 Å². The fourth-order valence-electron chi connectivity index (χ4n) is 3.42. The van der Waals surface area contributed by atoms with Crippen molar-refractivity contribution in [3.8, 4) is 5.75 Å². The molecule has 0 spiro atoms. The minimum Gasteiger partial charge on any atom is -0.497 e. The van der Waals surface area contributed by atoms with Gasteiger partial charge in [-0.05, 0) is 61.7 Å². The van der Waals surface area contributed by atoms with E-state index in [-0.39, 0.29) is 22.8 Å². The van der Waals surface area contributed by atoms with E-state index in [2.05, 4.69) is 21.2 Å². The first-order valence-electron chi connectivity index (χ1n) is 9.51. The highest BCUT2D eigenvalue weighted by Crippen LogP contribution is 2.26. The first-order valence-corrected chi connectivity index (χ1v) is 11.7. The molecule has 0 saturated carbocycles. The van der Waals surface area contributed by atoms with E-state index in [1.807, 2.05) is 31.2 Å². The fraction of sp³-hybridized carbons (Fsp3) is 0.381. The Balaban J connectivity index is 1.56. The Morgan fingerprint density at radius 2 is 1.69 bits per heavy atom. The van der Waals surface area contributed by atoms with Gasteiger partial charge in [-0.1, -0.05) is 28.1 Å². The zero-order valence-electron chi connectivity index (χ0n) is 16.5. The number of hydrogen-bond acceptors (Lipinski definition) is 4. The summed E-state index contributed by atoms with van der Waals surface area (Å²) in [7, 11) is -1.92. The van der Waals surface area contributed by atoms with E-state index in [4.69, 9.17) is 4.74 Å². The van der Waals surface area contributed by atoms with Gasteiger partial charge < -0.3 is 10.1 Å². The number of carbonyl (C=O) groups excluding carboxylic acids is 1. The molecule has 0 radical (unpaired) electrons. The molecule has 0 aliphatic carbocycles. The van der Waals surface area contributed by atoms with Gasteiger partial charge in [0.05, 0.1) is 18.0 Å². The number of sulfonamides is 1. The van der Waals surface area contributed by atoms with Gasteiger partial charge in [0.25, 0.3) is 0 Å². The Morgan fingerprint density at radius 3 is 2.24 bits per heavy atom. The topological polar surface area (TPSA) is 75.7 Å². The average Bonchev–Trinajstić information content (AvgIpc) is 2.74. The lowest BCUT2D eigenvalue weighted by molar-refractivity contribution is -0.126. The molecule has 6 nitrogen and oxygen atoms in total. The van der Waals surface area contributed by atoms with Gasteiger partial charge >= 0.3 is 0 Å². The summed E-state index contributed by atoms with van der Waals surface area (Å²) in [6, 6.07) is 14.1. The molecule has 3 rings (SSSR count). The summed E-state index contributed by atoms with van der Waals surface area (Å²) in [4.78, 5) is 12.9. The molecule has 1 heterocycles. The second-order valence-electron chi connectivity index (χ2n) is 7.14. The van der Waals surface area contributed by atoms with Gasteiger partial charge in [0.15, 0.2) is 0 Å². The molecule has 1 unspecified atom stereocenters. The number of nitrogens with zero attached hydrogens (tertiary/aromatic N) is 1. The van der Waals surface area contributed by atoms with Gasteiger partial charge in [0.2, 0.25) is 15.9 Å². The first-order chi connectivity index (χ1) is 13.8. The normalized spacial score (nSPS) is 16.9. The van der Waals surface area contributed by atoms with Crippen LogP contribution in [0.1, 0.15) is 31.4 Å². The summed E-state index contributed by atoms with van der Waals surface area (Å²) >= 11 is 3.32. The van der Waals surface area contributed by atoms with E-state index in [1.165, 1.54) is 4.31 Å². The SMILES string of the molecule is COc1ccc(C(C)NC(=O)C2CCN(S(=O)(=O)c3ccc(Br)cc3)CC2)cc1. The molecule has 1 amide bonds. The van der Waals surface area contributed by atoms with Crippen molar-refractivity contribution in [3.63, 3.8) is 0 Å². The van der Waals surface area contributed by atoms with Gasteiger partial charge in [-0.15, -0.1) is 0 Å². The summed E-state index contributed by atoms with van der Waals surface area (Å²) in [5.41, 5.74) is 0.995. The zero-order valence-corrected chi connectivity index (χ0v) is 18.9. The number of ether oxygens (including phenoxy) is 1. The molecule has 2 aromatic carbocycles. The molecule has 1 atom stereocenters. The lowest BCUT2D eigenvalue weighted by Gasteiger charge is -2.31. The standard InChI is InChI=1S/C21H25BrN2O4S/c1-15(16-3-7-19(28-2)8-4-16)23-21(25)17-11-13-24(14-12-17)29(26,27)20-9-5-18(22)6-10-20/h3-10,15,17H,11-14H2,1-2H3,(H,23,25). The number of benzene rings is 2. The van der Waals surface area contributed by atoms with Crippen LogP contribution in [0.25, 0.3) is 0 Å². The molecule has 1 aliphatic heterocycles.